The third-order valence-electron chi connectivity index (χ3n) is 3.69. The lowest BCUT2D eigenvalue weighted by atomic mass is 9.84. The molecule has 2 rings (SSSR count). The number of aliphatic carboxylic acids is 1. The Bertz CT molecular complexity index is 481. The minimum absolute atomic E-state index is 0.000943. The van der Waals surface area contributed by atoms with Crippen LogP contribution in [-0.4, -0.2) is 28.0 Å². The van der Waals surface area contributed by atoms with Crippen molar-refractivity contribution < 1.29 is 14.7 Å². The summed E-state index contributed by atoms with van der Waals surface area (Å²) in [5.74, 6) is -1.46. The van der Waals surface area contributed by atoms with Crippen molar-refractivity contribution in [1.82, 2.24) is 10.3 Å². The van der Waals surface area contributed by atoms with Crippen molar-refractivity contribution in [2.75, 3.05) is 5.73 Å². The van der Waals surface area contributed by atoms with Crippen molar-refractivity contribution in [2.24, 2.45) is 5.92 Å². The monoisotopic (exact) mass is 277 g/mol. The number of nitrogen functional groups attached to an aromatic ring is 1. The first-order valence-corrected chi connectivity index (χ1v) is 6.83. The van der Waals surface area contributed by atoms with Crippen LogP contribution in [0.3, 0.4) is 0 Å². The summed E-state index contributed by atoms with van der Waals surface area (Å²) < 4.78 is 0. The van der Waals surface area contributed by atoms with Gasteiger partial charge >= 0.3 is 5.97 Å². The van der Waals surface area contributed by atoms with E-state index in [1.807, 2.05) is 0 Å². The smallest absolute Gasteiger partial charge is 0.326 e. The van der Waals surface area contributed by atoms with E-state index in [9.17, 15) is 14.7 Å². The fourth-order valence-corrected chi connectivity index (χ4v) is 2.60. The van der Waals surface area contributed by atoms with E-state index in [0.717, 1.165) is 32.1 Å². The number of nitrogens with one attached hydrogen (secondary N) is 1. The molecule has 1 aliphatic carbocycles. The second kappa shape index (κ2) is 6.36. The molecule has 6 heteroatoms. The van der Waals surface area contributed by atoms with E-state index < -0.39 is 17.9 Å². The van der Waals surface area contributed by atoms with Crippen LogP contribution in [0.5, 0.6) is 0 Å². The van der Waals surface area contributed by atoms with Crippen LogP contribution in [0.1, 0.15) is 42.6 Å². The number of carbonyl (C=O) groups is 2. The number of rotatable bonds is 4. The standard InChI is InChI=1S/C14H19N3O3/c15-10-6-7-11(16-8-10)13(18)17-12(14(19)20)9-4-2-1-3-5-9/h6-9,12H,1-5,15H2,(H,17,18)(H,19,20). The van der Waals surface area contributed by atoms with Gasteiger partial charge in [-0.3, -0.25) is 4.79 Å². The number of pyridine rings is 1. The van der Waals surface area contributed by atoms with Crippen LogP contribution in [0.2, 0.25) is 0 Å². The number of hydrogen-bond donors (Lipinski definition) is 3. The summed E-state index contributed by atoms with van der Waals surface area (Å²) in [5.41, 5.74) is 6.15. The average molecular weight is 277 g/mol. The van der Waals surface area contributed by atoms with Gasteiger partial charge in [0.25, 0.3) is 5.91 Å². The summed E-state index contributed by atoms with van der Waals surface area (Å²) in [5, 5.41) is 11.9. The molecule has 1 aromatic rings. The van der Waals surface area contributed by atoms with E-state index in [0.29, 0.717) is 5.69 Å². The van der Waals surface area contributed by atoms with Gasteiger partial charge in [0.1, 0.15) is 11.7 Å². The molecule has 1 atom stereocenters. The van der Waals surface area contributed by atoms with Crippen molar-refractivity contribution in [2.45, 2.75) is 38.1 Å². The minimum atomic E-state index is -0.985. The van der Waals surface area contributed by atoms with E-state index in [1.165, 1.54) is 12.3 Å². The lowest BCUT2D eigenvalue weighted by molar-refractivity contribution is -0.141. The lowest BCUT2D eigenvalue weighted by Crippen LogP contribution is -2.46. The van der Waals surface area contributed by atoms with Crippen LogP contribution in [0.15, 0.2) is 18.3 Å². The van der Waals surface area contributed by atoms with E-state index in [4.69, 9.17) is 5.73 Å². The van der Waals surface area contributed by atoms with Crippen LogP contribution in [-0.2, 0) is 4.79 Å². The van der Waals surface area contributed by atoms with Crippen molar-refractivity contribution in [3.63, 3.8) is 0 Å². The summed E-state index contributed by atoms with van der Waals surface area (Å²) in [6, 6.07) is 2.21. The number of carboxylic acids is 1. The summed E-state index contributed by atoms with van der Waals surface area (Å²) in [7, 11) is 0. The molecular formula is C14H19N3O3. The van der Waals surface area contributed by atoms with Gasteiger partial charge < -0.3 is 16.2 Å². The normalized spacial score (nSPS) is 17.4. The maximum absolute atomic E-state index is 12.0. The van der Waals surface area contributed by atoms with Crippen LogP contribution in [0, 0.1) is 5.92 Å². The molecular weight excluding hydrogens is 258 g/mol. The molecule has 1 aromatic heterocycles. The fourth-order valence-electron chi connectivity index (χ4n) is 2.60. The third-order valence-corrected chi connectivity index (χ3v) is 3.69. The SMILES string of the molecule is Nc1ccc(C(=O)NC(C(=O)O)C2CCCCC2)nc1. The zero-order valence-corrected chi connectivity index (χ0v) is 11.2. The minimum Gasteiger partial charge on any atom is -0.480 e. The van der Waals surface area contributed by atoms with Gasteiger partial charge in [-0.05, 0) is 30.9 Å². The van der Waals surface area contributed by atoms with Crippen LogP contribution < -0.4 is 11.1 Å². The zero-order valence-electron chi connectivity index (χ0n) is 11.2. The van der Waals surface area contributed by atoms with Crippen LogP contribution in [0.4, 0.5) is 5.69 Å². The Morgan fingerprint density at radius 2 is 2.00 bits per heavy atom. The number of hydrogen-bond acceptors (Lipinski definition) is 4. The Kier molecular flexibility index (Phi) is 4.55. The number of nitrogens with two attached hydrogens (primary N) is 1. The molecule has 1 fully saturated rings. The molecule has 1 heterocycles. The molecule has 0 spiro atoms. The van der Waals surface area contributed by atoms with E-state index in [1.54, 1.807) is 6.07 Å². The first kappa shape index (κ1) is 14.3. The van der Waals surface area contributed by atoms with E-state index >= 15 is 0 Å². The quantitative estimate of drug-likeness (QED) is 0.772. The van der Waals surface area contributed by atoms with Gasteiger partial charge in [0.2, 0.25) is 0 Å². The Morgan fingerprint density at radius 3 is 2.55 bits per heavy atom. The second-order valence-electron chi connectivity index (χ2n) is 5.16. The van der Waals surface area contributed by atoms with Crippen molar-refractivity contribution >= 4 is 17.6 Å². The Balaban J connectivity index is 2.05. The van der Waals surface area contributed by atoms with Gasteiger partial charge in [0, 0.05) is 0 Å². The van der Waals surface area contributed by atoms with E-state index in [2.05, 4.69) is 10.3 Å². The van der Waals surface area contributed by atoms with Crippen LogP contribution in [0.25, 0.3) is 0 Å². The molecule has 4 N–H and O–H groups in total. The molecule has 0 bridgehead atoms. The molecule has 0 saturated heterocycles. The molecule has 1 aliphatic rings. The highest BCUT2D eigenvalue weighted by molar-refractivity contribution is 5.95. The highest BCUT2D eigenvalue weighted by atomic mass is 16.4. The molecule has 6 nitrogen and oxygen atoms in total. The van der Waals surface area contributed by atoms with E-state index in [-0.39, 0.29) is 11.6 Å². The fraction of sp³-hybridized carbons (Fsp3) is 0.500. The topological polar surface area (TPSA) is 105 Å². The van der Waals surface area contributed by atoms with Gasteiger partial charge in [-0.2, -0.15) is 0 Å². The van der Waals surface area contributed by atoms with Gasteiger partial charge in [0.05, 0.1) is 11.9 Å². The number of amides is 1. The highest BCUT2D eigenvalue weighted by Gasteiger charge is 2.31. The number of aromatic nitrogens is 1. The molecule has 1 amide bonds. The first-order valence-electron chi connectivity index (χ1n) is 6.83. The van der Waals surface area contributed by atoms with Crippen molar-refractivity contribution in [3.05, 3.63) is 24.0 Å². The number of anilines is 1. The Hall–Kier alpha value is -2.11. The summed E-state index contributed by atoms with van der Waals surface area (Å²) in [4.78, 5) is 27.3. The maximum Gasteiger partial charge on any atom is 0.326 e. The van der Waals surface area contributed by atoms with Crippen LogP contribution >= 0.6 is 0 Å². The Labute approximate surface area is 117 Å². The second-order valence-corrected chi connectivity index (χ2v) is 5.16. The Morgan fingerprint density at radius 1 is 1.30 bits per heavy atom. The summed E-state index contributed by atoms with van der Waals surface area (Å²) in [6.07, 6.45) is 6.23. The lowest BCUT2D eigenvalue weighted by Gasteiger charge is -2.27. The maximum atomic E-state index is 12.0. The van der Waals surface area contributed by atoms with Gasteiger partial charge in [0.15, 0.2) is 0 Å². The highest BCUT2D eigenvalue weighted by Crippen LogP contribution is 2.26. The van der Waals surface area contributed by atoms with Gasteiger partial charge in [-0.1, -0.05) is 19.3 Å². The van der Waals surface area contributed by atoms with Crippen molar-refractivity contribution in [3.8, 4) is 0 Å². The molecule has 1 unspecified atom stereocenters. The predicted octanol–water partition coefficient (Wildman–Crippen LogP) is 1.43. The largest absolute Gasteiger partial charge is 0.480 e. The van der Waals surface area contributed by atoms with Crippen molar-refractivity contribution in [1.29, 1.82) is 0 Å². The molecule has 0 aliphatic heterocycles. The number of carboxylic acid groups (broad SMARTS) is 1. The predicted molar refractivity (Wildman–Crippen MR) is 74.1 cm³/mol. The van der Waals surface area contributed by atoms with Gasteiger partial charge in [-0.15, -0.1) is 0 Å². The summed E-state index contributed by atoms with van der Waals surface area (Å²) in [6.45, 7) is 0. The zero-order chi connectivity index (χ0) is 14.5. The van der Waals surface area contributed by atoms with Gasteiger partial charge in [-0.25, -0.2) is 9.78 Å². The average Bonchev–Trinajstić information content (AvgIpc) is 2.46. The molecule has 1 saturated carbocycles. The number of nitrogens with zero attached hydrogens (tertiary/aromatic N) is 1. The number of carbonyl (C=O) groups excluding carboxylic acids is 1. The molecule has 0 radical (unpaired) electrons. The summed E-state index contributed by atoms with van der Waals surface area (Å²) >= 11 is 0. The molecule has 20 heavy (non-hydrogen) atoms. The molecule has 108 valence electrons. The first-order chi connectivity index (χ1) is 9.58. The third kappa shape index (κ3) is 3.46. The molecule has 0 aromatic carbocycles.